The maximum absolute atomic E-state index is 14.0. The van der Waals surface area contributed by atoms with E-state index in [-0.39, 0.29) is 17.1 Å². The maximum atomic E-state index is 14.0. The standard InChI is InChI=1S/C34H44Cl2N2O2/c1-5-7-8-9-10-11-30(39)25-14-12-24(13-15-25)23-38-32(40)31(26-20-28(35)22-29(36)21-26)37-34(38)18-16-27(17-19-34)33(3,4)6-2/h12-15,20-22,27H,5-11,16-19,23H2,1-4H3. The Morgan fingerprint density at radius 3 is 2.20 bits per heavy atom. The van der Waals surface area contributed by atoms with Crippen molar-refractivity contribution in [1.29, 1.82) is 0 Å². The monoisotopic (exact) mass is 582 g/mol. The highest BCUT2D eigenvalue weighted by atomic mass is 35.5. The summed E-state index contributed by atoms with van der Waals surface area (Å²) < 4.78 is 0. The second-order valence-electron chi connectivity index (χ2n) is 12.4. The summed E-state index contributed by atoms with van der Waals surface area (Å²) in [4.78, 5) is 33.8. The van der Waals surface area contributed by atoms with Crippen LogP contribution in [0.5, 0.6) is 0 Å². The van der Waals surface area contributed by atoms with Crippen molar-refractivity contribution in [3.8, 4) is 0 Å². The van der Waals surface area contributed by atoms with Crippen LogP contribution in [-0.4, -0.2) is 28.0 Å². The Morgan fingerprint density at radius 1 is 0.975 bits per heavy atom. The molecule has 1 aliphatic heterocycles. The topological polar surface area (TPSA) is 49.7 Å². The highest BCUT2D eigenvalue weighted by Crippen LogP contribution is 2.48. The van der Waals surface area contributed by atoms with Crippen LogP contribution in [0.15, 0.2) is 47.5 Å². The molecule has 1 saturated carbocycles. The number of nitrogens with zero attached hydrogens (tertiary/aromatic N) is 2. The van der Waals surface area contributed by atoms with Gasteiger partial charge in [0.05, 0.1) is 0 Å². The van der Waals surface area contributed by atoms with Gasteiger partial charge in [-0.25, -0.2) is 0 Å². The number of rotatable bonds is 12. The summed E-state index contributed by atoms with van der Waals surface area (Å²) in [5, 5.41) is 0.981. The Kier molecular flexibility index (Phi) is 10.2. The molecule has 40 heavy (non-hydrogen) atoms. The molecular weight excluding hydrogens is 539 g/mol. The fourth-order valence-electron chi connectivity index (χ4n) is 6.27. The summed E-state index contributed by atoms with van der Waals surface area (Å²) >= 11 is 12.6. The lowest BCUT2D eigenvalue weighted by molar-refractivity contribution is -0.130. The Balaban J connectivity index is 1.54. The van der Waals surface area contributed by atoms with Gasteiger partial charge in [0.15, 0.2) is 5.78 Å². The molecule has 2 aromatic carbocycles. The molecule has 1 fully saturated rings. The van der Waals surface area contributed by atoms with Gasteiger partial charge < -0.3 is 4.90 Å². The number of amides is 1. The van der Waals surface area contributed by atoms with Crippen LogP contribution in [0.3, 0.4) is 0 Å². The van der Waals surface area contributed by atoms with E-state index in [1.807, 2.05) is 29.2 Å². The summed E-state index contributed by atoms with van der Waals surface area (Å²) in [6, 6.07) is 13.0. The van der Waals surface area contributed by atoms with Gasteiger partial charge >= 0.3 is 0 Å². The highest BCUT2D eigenvalue weighted by molar-refractivity contribution is 6.47. The number of hydrogen-bond donors (Lipinski definition) is 0. The lowest BCUT2D eigenvalue weighted by Crippen LogP contribution is -2.49. The van der Waals surface area contributed by atoms with Crippen molar-refractivity contribution in [3.63, 3.8) is 0 Å². The second-order valence-corrected chi connectivity index (χ2v) is 13.3. The zero-order valence-corrected chi connectivity index (χ0v) is 26.1. The molecule has 6 heteroatoms. The van der Waals surface area contributed by atoms with Crippen LogP contribution in [0.4, 0.5) is 0 Å². The third kappa shape index (κ3) is 6.99. The number of unbranched alkanes of at least 4 members (excludes halogenated alkanes) is 4. The highest BCUT2D eigenvalue weighted by Gasteiger charge is 2.50. The molecule has 0 radical (unpaired) electrons. The first-order valence-corrected chi connectivity index (χ1v) is 15.8. The average Bonchev–Trinajstić information content (AvgIpc) is 3.19. The fourth-order valence-corrected chi connectivity index (χ4v) is 6.80. The molecule has 0 bridgehead atoms. The smallest absolute Gasteiger partial charge is 0.274 e. The van der Waals surface area contributed by atoms with E-state index in [1.165, 1.54) is 19.3 Å². The van der Waals surface area contributed by atoms with Crippen LogP contribution in [0.1, 0.15) is 120 Å². The van der Waals surface area contributed by atoms with E-state index in [0.29, 0.717) is 40.2 Å². The van der Waals surface area contributed by atoms with Crippen molar-refractivity contribution < 1.29 is 9.59 Å². The summed E-state index contributed by atoms with van der Waals surface area (Å²) in [5.41, 5.74) is 2.54. The normalized spacial score (nSPS) is 21.2. The van der Waals surface area contributed by atoms with Crippen LogP contribution in [-0.2, 0) is 11.3 Å². The van der Waals surface area contributed by atoms with E-state index in [0.717, 1.165) is 56.1 Å². The van der Waals surface area contributed by atoms with Crippen LogP contribution >= 0.6 is 23.2 Å². The molecule has 4 rings (SSSR count). The quantitative estimate of drug-likeness (QED) is 0.185. The summed E-state index contributed by atoms with van der Waals surface area (Å²) in [6.45, 7) is 9.61. The lowest BCUT2D eigenvalue weighted by Gasteiger charge is -2.45. The first kappa shape index (κ1) is 30.8. The number of aliphatic imine (C=N–C) groups is 1. The predicted molar refractivity (Wildman–Crippen MR) is 166 cm³/mol. The van der Waals surface area contributed by atoms with E-state index < -0.39 is 5.66 Å². The SMILES string of the molecule is CCCCCCCC(=O)c1ccc(CN2C(=O)C(c3cc(Cl)cc(Cl)c3)=NC23CCC(C(C)(C)CC)CC3)cc1. The first-order chi connectivity index (χ1) is 19.1. The van der Waals surface area contributed by atoms with Gasteiger partial charge in [0.1, 0.15) is 11.4 Å². The molecule has 4 nitrogen and oxygen atoms in total. The second kappa shape index (κ2) is 13.2. The summed E-state index contributed by atoms with van der Waals surface area (Å²) in [5.74, 6) is 0.711. The molecule has 1 spiro atoms. The van der Waals surface area contributed by atoms with Gasteiger partial charge in [-0.2, -0.15) is 0 Å². The molecule has 1 aliphatic carbocycles. The molecular formula is C34H44Cl2N2O2. The van der Waals surface area contributed by atoms with Gasteiger partial charge in [-0.1, -0.05) is 107 Å². The molecule has 0 unspecified atom stereocenters. The lowest BCUT2D eigenvalue weighted by atomic mass is 9.67. The number of Topliss-reactive ketones (excluding diaryl/α,β-unsaturated/α-hetero) is 1. The number of carbonyl (C=O) groups excluding carboxylic acids is 2. The predicted octanol–water partition coefficient (Wildman–Crippen LogP) is 9.69. The van der Waals surface area contributed by atoms with Crippen molar-refractivity contribution in [2.75, 3.05) is 0 Å². The molecule has 2 aromatic rings. The number of ketones is 1. The zero-order valence-electron chi connectivity index (χ0n) is 24.6. The molecule has 0 N–H and O–H groups in total. The van der Waals surface area contributed by atoms with Crippen LogP contribution in [0.2, 0.25) is 10.0 Å². The van der Waals surface area contributed by atoms with Crippen LogP contribution < -0.4 is 0 Å². The minimum atomic E-state index is -0.575. The van der Waals surface area contributed by atoms with Crippen LogP contribution in [0, 0.1) is 11.3 Å². The average molecular weight is 584 g/mol. The van der Waals surface area contributed by atoms with E-state index in [2.05, 4.69) is 27.7 Å². The molecule has 1 amide bonds. The van der Waals surface area contributed by atoms with Crippen molar-refractivity contribution in [2.24, 2.45) is 16.3 Å². The van der Waals surface area contributed by atoms with Crippen molar-refractivity contribution in [3.05, 3.63) is 69.2 Å². The number of halogens is 2. The van der Waals surface area contributed by atoms with Gasteiger partial charge in [-0.3, -0.25) is 14.6 Å². The molecule has 0 aromatic heterocycles. The third-order valence-electron chi connectivity index (χ3n) is 9.33. The molecule has 0 saturated heterocycles. The van der Waals surface area contributed by atoms with Gasteiger partial charge in [0, 0.05) is 34.1 Å². The third-order valence-corrected chi connectivity index (χ3v) is 9.77. The molecule has 2 aliphatic rings. The Bertz CT molecular complexity index is 1210. The van der Waals surface area contributed by atoms with Crippen molar-refractivity contribution >= 4 is 40.6 Å². The largest absolute Gasteiger partial charge is 0.308 e. The summed E-state index contributed by atoms with van der Waals surface area (Å²) in [6.07, 6.45) is 11.1. The summed E-state index contributed by atoms with van der Waals surface area (Å²) in [7, 11) is 0. The van der Waals surface area contributed by atoms with E-state index in [1.54, 1.807) is 18.2 Å². The first-order valence-electron chi connectivity index (χ1n) is 15.1. The molecule has 0 atom stereocenters. The number of carbonyl (C=O) groups is 2. The molecule has 216 valence electrons. The van der Waals surface area contributed by atoms with E-state index in [4.69, 9.17) is 28.2 Å². The van der Waals surface area contributed by atoms with Crippen LogP contribution in [0.25, 0.3) is 0 Å². The van der Waals surface area contributed by atoms with E-state index >= 15 is 0 Å². The van der Waals surface area contributed by atoms with Gasteiger partial charge in [-0.05, 0) is 67.2 Å². The van der Waals surface area contributed by atoms with Gasteiger partial charge in [0.2, 0.25) is 0 Å². The van der Waals surface area contributed by atoms with Crippen molar-refractivity contribution in [2.45, 2.75) is 111 Å². The minimum absolute atomic E-state index is 0.0845. The van der Waals surface area contributed by atoms with Crippen molar-refractivity contribution in [1.82, 2.24) is 4.90 Å². The Hall–Kier alpha value is -2.17. The maximum Gasteiger partial charge on any atom is 0.274 e. The number of hydrogen-bond acceptors (Lipinski definition) is 3. The fraction of sp³-hybridized carbons (Fsp3) is 0.559. The Morgan fingerprint density at radius 2 is 1.60 bits per heavy atom. The minimum Gasteiger partial charge on any atom is -0.308 e. The molecule has 1 heterocycles. The van der Waals surface area contributed by atoms with E-state index in [9.17, 15) is 9.59 Å². The van der Waals surface area contributed by atoms with Gasteiger partial charge in [-0.15, -0.1) is 0 Å². The van der Waals surface area contributed by atoms with Gasteiger partial charge in [0.25, 0.3) is 5.91 Å². The number of benzene rings is 2. The zero-order chi connectivity index (χ0) is 28.9. The Labute approximate surface area is 250 Å².